The van der Waals surface area contributed by atoms with Gasteiger partial charge >= 0.3 is 5.97 Å². The number of carbonyl (C=O) groups is 1. The van der Waals surface area contributed by atoms with Crippen molar-refractivity contribution in [3.63, 3.8) is 0 Å². The molecule has 1 aliphatic rings. The van der Waals surface area contributed by atoms with Crippen molar-refractivity contribution in [1.29, 1.82) is 0 Å². The second kappa shape index (κ2) is 11.7. The number of carbonyl (C=O) groups excluding carboxylic acids is 1. The van der Waals surface area contributed by atoms with Gasteiger partial charge in [0, 0.05) is 5.56 Å². The zero-order valence-corrected chi connectivity index (χ0v) is 20.4. The summed E-state index contributed by atoms with van der Waals surface area (Å²) in [7, 11) is 0. The maximum atomic E-state index is 11.5. The van der Waals surface area contributed by atoms with Crippen LogP contribution in [-0.4, -0.2) is 79.8 Å². The van der Waals surface area contributed by atoms with E-state index in [0.29, 0.717) is 16.9 Å². The smallest absolute Gasteiger partial charge is 0.332 e. The fourth-order valence-electron chi connectivity index (χ4n) is 4.15. The van der Waals surface area contributed by atoms with Gasteiger partial charge in [0.25, 0.3) is 0 Å². The van der Waals surface area contributed by atoms with Crippen LogP contribution in [0.2, 0.25) is 0 Å². The topological polar surface area (TPSA) is 166 Å². The van der Waals surface area contributed by atoms with E-state index in [9.17, 15) is 30.3 Å². The lowest BCUT2D eigenvalue weighted by Crippen LogP contribution is -2.65. The molecule has 2 aromatic rings. The first kappa shape index (κ1) is 28.0. The van der Waals surface area contributed by atoms with Gasteiger partial charge in [0.15, 0.2) is 0 Å². The van der Waals surface area contributed by atoms with E-state index in [1.807, 2.05) is 38.1 Å². The maximum absolute atomic E-state index is 11.5. The molecule has 198 valence electrons. The first-order valence-corrected chi connectivity index (χ1v) is 11.7. The maximum Gasteiger partial charge on any atom is 0.332 e. The third kappa shape index (κ3) is 6.22. The highest BCUT2D eigenvalue weighted by molar-refractivity contribution is 5.70. The summed E-state index contributed by atoms with van der Waals surface area (Å²) in [4.78, 5) is 11.4. The molecule has 1 aliphatic heterocycles. The van der Waals surface area contributed by atoms with Crippen LogP contribution in [-0.2, 0) is 33.1 Å². The lowest BCUT2D eigenvalue weighted by atomic mass is 9.83. The molecule has 36 heavy (non-hydrogen) atoms. The molecule has 0 unspecified atom stereocenters. The molecular weight excluding hydrogens is 472 g/mol. The number of aliphatic hydroxyl groups is 6. The standard InChI is InChI=1S/C26H34O10/c1-14(2)35-19-8-5-16(6-9-19)10-18-7-4-17(13-34-21(29)12-27)11-20(18)26(33)25(32)23(31)22(30)24(36-26)15(3)28/h4-9,11,14-15,22-25,27-28,30-33H,10,12-13H2,1-3H3/t15-,22-,23-,24+,25+,26+/m0/s1. The minimum atomic E-state index is -2.51. The first-order valence-electron chi connectivity index (χ1n) is 11.7. The Kier molecular flexibility index (Phi) is 9.07. The van der Waals surface area contributed by atoms with Gasteiger partial charge < -0.3 is 44.8 Å². The summed E-state index contributed by atoms with van der Waals surface area (Å²) in [5.41, 5.74) is 1.83. The van der Waals surface area contributed by atoms with E-state index in [0.717, 1.165) is 5.56 Å². The third-order valence-electron chi connectivity index (χ3n) is 5.98. The summed E-state index contributed by atoms with van der Waals surface area (Å²) in [5, 5.41) is 62.0. The third-order valence-corrected chi connectivity index (χ3v) is 5.98. The monoisotopic (exact) mass is 506 g/mol. The molecule has 0 radical (unpaired) electrons. The van der Waals surface area contributed by atoms with E-state index >= 15 is 0 Å². The van der Waals surface area contributed by atoms with Crippen molar-refractivity contribution < 1.29 is 49.6 Å². The predicted molar refractivity (Wildman–Crippen MR) is 127 cm³/mol. The van der Waals surface area contributed by atoms with Gasteiger partial charge in [0.1, 0.15) is 43.4 Å². The molecule has 0 spiro atoms. The van der Waals surface area contributed by atoms with Crippen LogP contribution in [0.4, 0.5) is 0 Å². The molecule has 1 fully saturated rings. The number of hydrogen-bond acceptors (Lipinski definition) is 10. The quantitative estimate of drug-likeness (QED) is 0.257. The minimum Gasteiger partial charge on any atom is -0.491 e. The summed E-state index contributed by atoms with van der Waals surface area (Å²) in [6, 6.07) is 12.1. The van der Waals surface area contributed by atoms with Crippen LogP contribution >= 0.6 is 0 Å². The Morgan fingerprint density at radius 1 is 1.03 bits per heavy atom. The highest BCUT2D eigenvalue weighted by atomic mass is 16.7. The van der Waals surface area contributed by atoms with Gasteiger partial charge in [-0.15, -0.1) is 0 Å². The molecule has 6 N–H and O–H groups in total. The average molecular weight is 507 g/mol. The second-order valence-corrected chi connectivity index (χ2v) is 9.24. The van der Waals surface area contributed by atoms with Crippen LogP contribution in [0.3, 0.4) is 0 Å². The van der Waals surface area contributed by atoms with E-state index in [1.165, 1.54) is 13.0 Å². The number of hydrogen-bond donors (Lipinski definition) is 6. The summed E-state index contributed by atoms with van der Waals surface area (Å²) in [6.07, 6.45) is -7.81. The summed E-state index contributed by atoms with van der Waals surface area (Å²) < 4.78 is 16.3. The number of aliphatic hydroxyl groups excluding tert-OH is 5. The van der Waals surface area contributed by atoms with Gasteiger partial charge in [0.2, 0.25) is 5.79 Å². The van der Waals surface area contributed by atoms with Crippen LogP contribution in [0.5, 0.6) is 5.75 Å². The molecule has 0 saturated carbocycles. The molecule has 6 atom stereocenters. The summed E-state index contributed by atoms with van der Waals surface area (Å²) in [6.45, 7) is 4.13. The van der Waals surface area contributed by atoms with Crippen molar-refractivity contribution in [2.45, 2.75) is 76.2 Å². The Balaban J connectivity index is 2.01. The van der Waals surface area contributed by atoms with Crippen molar-refractivity contribution in [3.05, 3.63) is 64.7 Å². The van der Waals surface area contributed by atoms with E-state index < -0.39 is 48.9 Å². The van der Waals surface area contributed by atoms with Gasteiger partial charge in [-0.2, -0.15) is 0 Å². The lowest BCUT2D eigenvalue weighted by Gasteiger charge is -2.47. The van der Waals surface area contributed by atoms with Crippen LogP contribution in [0.1, 0.15) is 43.0 Å². The number of esters is 1. The van der Waals surface area contributed by atoms with Crippen molar-refractivity contribution in [1.82, 2.24) is 0 Å². The SMILES string of the molecule is CC(C)Oc1ccc(Cc2ccc(COC(=O)CO)cc2[C@@]2(O)O[C@H]([C@H](C)O)[C@@H](O)[C@H](O)[C@H]2O)cc1. The van der Waals surface area contributed by atoms with E-state index in [4.69, 9.17) is 19.3 Å². The second-order valence-electron chi connectivity index (χ2n) is 9.24. The zero-order chi connectivity index (χ0) is 26.6. The lowest BCUT2D eigenvalue weighted by molar-refractivity contribution is -0.364. The van der Waals surface area contributed by atoms with E-state index in [2.05, 4.69) is 0 Å². The molecule has 10 nitrogen and oxygen atoms in total. The number of ether oxygens (including phenoxy) is 3. The summed E-state index contributed by atoms with van der Waals surface area (Å²) in [5.74, 6) is -2.66. The predicted octanol–water partition coefficient (Wildman–Crippen LogP) is 0.107. The van der Waals surface area contributed by atoms with Crippen molar-refractivity contribution in [2.24, 2.45) is 0 Å². The van der Waals surface area contributed by atoms with Gasteiger partial charge in [0.05, 0.1) is 12.2 Å². The Hall–Kier alpha value is -2.57. The Morgan fingerprint density at radius 3 is 2.25 bits per heavy atom. The molecular formula is C26H34O10. The number of benzene rings is 2. The average Bonchev–Trinajstić information content (AvgIpc) is 2.84. The molecule has 1 heterocycles. The normalized spacial score (nSPS) is 27.1. The molecule has 0 aliphatic carbocycles. The van der Waals surface area contributed by atoms with Gasteiger partial charge in [-0.1, -0.05) is 24.3 Å². The Morgan fingerprint density at radius 2 is 1.67 bits per heavy atom. The summed E-state index contributed by atoms with van der Waals surface area (Å²) >= 11 is 0. The molecule has 1 saturated heterocycles. The molecule has 0 amide bonds. The Labute approximate surface area is 209 Å². The largest absolute Gasteiger partial charge is 0.491 e. The van der Waals surface area contributed by atoms with Crippen LogP contribution in [0, 0.1) is 0 Å². The Bertz CT molecular complexity index is 1020. The first-order chi connectivity index (χ1) is 17.0. The molecule has 2 aromatic carbocycles. The van der Waals surface area contributed by atoms with Crippen LogP contribution in [0.25, 0.3) is 0 Å². The zero-order valence-electron chi connectivity index (χ0n) is 20.4. The van der Waals surface area contributed by atoms with Gasteiger partial charge in [-0.25, -0.2) is 4.79 Å². The fraction of sp³-hybridized carbons (Fsp3) is 0.500. The highest BCUT2D eigenvalue weighted by Gasteiger charge is 2.55. The van der Waals surface area contributed by atoms with E-state index in [-0.39, 0.29) is 24.7 Å². The van der Waals surface area contributed by atoms with Crippen LogP contribution in [0.15, 0.2) is 42.5 Å². The van der Waals surface area contributed by atoms with Crippen molar-refractivity contribution in [2.75, 3.05) is 6.61 Å². The van der Waals surface area contributed by atoms with Crippen molar-refractivity contribution >= 4 is 5.97 Å². The molecule has 3 rings (SSSR count). The molecule has 0 aromatic heterocycles. The van der Waals surface area contributed by atoms with Crippen LogP contribution < -0.4 is 4.74 Å². The van der Waals surface area contributed by atoms with Gasteiger partial charge in [-0.05, 0) is 62.1 Å². The number of rotatable bonds is 9. The molecule has 0 bridgehead atoms. The minimum absolute atomic E-state index is 0.0118. The van der Waals surface area contributed by atoms with Gasteiger partial charge in [-0.3, -0.25) is 0 Å². The van der Waals surface area contributed by atoms with E-state index in [1.54, 1.807) is 12.1 Å². The molecule has 10 heteroatoms. The highest BCUT2D eigenvalue weighted by Crippen LogP contribution is 2.40. The van der Waals surface area contributed by atoms with Crippen molar-refractivity contribution in [3.8, 4) is 5.75 Å². The fourth-order valence-corrected chi connectivity index (χ4v) is 4.15.